The van der Waals surface area contributed by atoms with Crippen LogP contribution in [0.3, 0.4) is 0 Å². The monoisotopic (exact) mass is 687 g/mol. The molecule has 2 aliphatic rings. The van der Waals surface area contributed by atoms with Crippen molar-refractivity contribution in [1.29, 1.82) is 0 Å². The number of carbonyl (C=O) groups is 3. The Kier molecular flexibility index (Phi) is 9.84. The van der Waals surface area contributed by atoms with Crippen molar-refractivity contribution >= 4 is 48.6 Å². The Morgan fingerprint density at radius 2 is 1.62 bits per heavy atom. The molecule has 1 N–H and O–H groups in total. The summed E-state index contributed by atoms with van der Waals surface area (Å²) < 4.78 is 43.2. The van der Waals surface area contributed by atoms with E-state index in [0.717, 1.165) is 19.4 Å². The molecule has 18 heteroatoms. The van der Waals surface area contributed by atoms with Gasteiger partial charge in [0.25, 0.3) is 11.9 Å². The lowest BCUT2D eigenvalue weighted by Gasteiger charge is -2.28. The molecular weight excluding hydrogens is 664 g/mol. The SMILES string of the molecule is CC(=O)OCOOC(OOCC(Cc1ccccc1)NC(=O)c1ccc(Oc2cc(Cl)cc(Cl)c2)o1)(OC(C)=O)C12OP1(=O)O2. The number of esters is 2. The highest BCUT2D eigenvalue weighted by Gasteiger charge is 3.04. The molecule has 45 heavy (non-hydrogen) atoms. The first-order valence-electron chi connectivity index (χ1n) is 13.0. The molecule has 240 valence electrons. The van der Waals surface area contributed by atoms with Gasteiger partial charge >= 0.3 is 31.0 Å². The summed E-state index contributed by atoms with van der Waals surface area (Å²) >= 11 is 12.0. The first-order valence-corrected chi connectivity index (χ1v) is 15.3. The second kappa shape index (κ2) is 13.5. The molecule has 0 bridgehead atoms. The van der Waals surface area contributed by atoms with Crippen LogP contribution in [0.4, 0.5) is 0 Å². The van der Waals surface area contributed by atoms with Gasteiger partial charge in [-0.3, -0.25) is 28.0 Å². The van der Waals surface area contributed by atoms with E-state index in [-0.39, 0.29) is 18.1 Å². The lowest BCUT2D eigenvalue weighted by molar-refractivity contribution is -0.593. The second-order valence-corrected chi connectivity index (χ2v) is 12.2. The molecular formula is C27H24Cl2NO14P. The Labute approximate surface area is 264 Å². The van der Waals surface area contributed by atoms with Crippen molar-refractivity contribution in [1.82, 2.24) is 5.32 Å². The van der Waals surface area contributed by atoms with Crippen LogP contribution in [0.25, 0.3) is 0 Å². The number of carbonyl (C=O) groups excluding carboxylic acids is 3. The second-order valence-electron chi connectivity index (χ2n) is 9.42. The first-order chi connectivity index (χ1) is 21.4. The zero-order valence-electron chi connectivity index (χ0n) is 23.4. The average molecular weight is 688 g/mol. The van der Waals surface area contributed by atoms with E-state index in [0.29, 0.717) is 15.8 Å². The molecule has 0 spiro atoms. The van der Waals surface area contributed by atoms with Gasteiger partial charge in [0.2, 0.25) is 6.79 Å². The van der Waals surface area contributed by atoms with Crippen molar-refractivity contribution in [2.24, 2.45) is 0 Å². The van der Waals surface area contributed by atoms with Gasteiger partial charge in [-0.2, -0.15) is 9.78 Å². The van der Waals surface area contributed by atoms with E-state index < -0.39 is 56.4 Å². The minimum absolute atomic E-state index is 0.00713. The van der Waals surface area contributed by atoms with E-state index in [9.17, 15) is 18.9 Å². The van der Waals surface area contributed by atoms with E-state index in [1.54, 1.807) is 12.1 Å². The molecule has 3 aromatic rings. The summed E-state index contributed by atoms with van der Waals surface area (Å²) in [4.78, 5) is 56.5. The Bertz CT molecular complexity index is 1590. The van der Waals surface area contributed by atoms with E-state index in [1.807, 2.05) is 18.2 Å². The summed E-state index contributed by atoms with van der Waals surface area (Å²) in [5, 5.41) is 3.44. The van der Waals surface area contributed by atoms with Crippen molar-refractivity contribution in [3.63, 3.8) is 0 Å². The maximum Gasteiger partial charge on any atom is 0.453 e. The molecule has 2 atom stereocenters. The summed E-state index contributed by atoms with van der Waals surface area (Å²) in [5.41, 5.74) is -1.36. The molecule has 0 saturated carbocycles. The highest BCUT2D eigenvalue weighted by molar-refractivity contribution is 7.68. The number of halogens is 2. The Hall–Kier alpha value is -3.50. The molecule has 1 aromatic heterocycles. The van der Waals surface area contributed by atoms with Crippen molar-refractivity contribution < 1.29 is 66.2 Å². The van der Waals surface area contributed by atoms with Gasteiger partial charge < -0.3 is 23.9 Å². The van der Waals surface area contributed by atoms with Crippen LogP contribution in [0.2, 0.25) is 10.0 Å². The predicted molar refractivity (Wildman–Crippen MR) is 149 cm³/mol. The summed E-state index contributed by atoms with van der Waals surface area (Å²) in [5.74, 6) is -4.96. The van der Waals surface area contributed by atoms with Crippen LogP contribution in [0, 0.1) is 0 Å². The van der Waals surface area contributed by atoms with Gasteiger partial charge in [-0.1, -0.05) is 53.5 Å². The van der Waals surface area contributed by atoms with Crippen LogP contribution < -0.4 is 10.1 Å². The number of amides is 1. The van der Waals surface area contributed by atoms with Crippen LogP contribution in [-0.4, -0.2) is 48.8 Å². The molecule has 2 aromatic carbocycles. The number of fused-ring (bicyclic) bond motifs is 1. The summed E-state index contributed by atoms with van der Waals surface area (Å²) in [6, 6.07) is 15.6. The molecule has 2 aliphatic heterocycles. The Balaban J connectivity index is 1.27. The quantitative estimate of drug-likeness (QED) is 0.0391. The van der Waals surface area contributed by atoms with Gasteiger partial charge in [-0.15, -0.1) is 4.89 Å². The standard InChI is InChI=1S/C27H24Cl2NO14P/c1-16(31)35-15-37-42-26(40-17(2)32,27-43-45(27,34)44-27)41-36-14-21(10-18-6-4-3-5-7-18)30-25(33)23-8-9-24(39-23)38-22-12-19(28)11-20(29)13-22/h3-9,11-13,21H,10,14-15H2,1-2H3,(H,30,33). The van der Waals surface area contributed by atoms with E-state index in [4.69, 9.17) is 65.7 Å². The summed E-state index contributed by atoms with van der Waals surface area (Å²) in [6.45, 7) is 0.924. The fourth-order valence-corrected chi connectivity index (χ4v) is 6.06. The van der Waals surface area contributed by atoms with Crippen molar-refractivity contribution in [2.45, 2.75) is 37.8 Å². The molecule has 0 radical (unpaired) electrons. The number of nitrogens with one attached hydrogen (secondary N) is 1. The third-order valence-corrected chi connectivity index (χ3v) is 8.16. The summed E-state index contributed by atoms with van der Waals surface area (Å²) in [6.07, 6.45) is 0.224. The number of benzene rings is 2. The Morgan fingerprint density at radius 3 is 2.24 bits per heavy atom. The van der Waals surface area contributed by atoms with E-state index in [1.165, 1.54) is 30.3 Å². The number of ether oxygens (including phenoxy) is 3. The van der Waals surface area contributed by atoms with Crippen molar-refractivity contribution in [3.8, 4) is 11.7 Å². The number of hydrogen-bond donors (Lipinski definition) is 1. The van der Waals surface area contributed by atoms with E-state index >= 15 is 0 Å². The molecule has 3 heterocycles. The van der Waals surface area contributed by atoms with Crippen molar-refractivity contribution in [3.05, 3.63) is 82.0 Å². The van der Waals surface area contributed by atoms with Gasteiger partial charge in [0.1, 0.15) is 12.4 Å². The average Bonchev–Trinajstić information content (AvgIpc) is 3.65. The Morgan fingerprint density at radius 1 is 0.956 bits per heavy atom. The fourth-order valence-electron chi connectivity index (χ4n) is 3.89. The molecule has 15 nitrogen and oxygen atoms in total. The molecule has 1 amide bonds. The lowest BCUT2D eigenvalue weighted by Crippen LogP contribution is -2.51. The van der Waals surface area contributed by atoms with Crippen LogP contribution >= 0.6 is 30.8 Å². The van der Waals surface area contributed by atoms with Gasteiger partial charge in [-0.05, 0) is 36.2 Å². The summed E-state index contributed by atoms with van der Waals surface area (Å²) in [7, 11) is -3.71. The van der Waals surface area contributed by atoms with Crippen LogP contribution in [0.1, 0.15) is 30.0 Å². The molecule has 2 saturated heterocycles. The van der Waals surface area contributed by atoms with Crippen LogP contribution in [0.15, 0.2) is 65.1 Å². The largest absolute Gasteiger partial charge is 0.453 e. The molecule has 2 fully saturated rings. The van der Waals surface area contributed by atoms with Gasteiger partial charge in [0, 0.05) is 30.0 Å². The highest BCUT2D eigenvalue weighted by atomic mass is 35.5. The number of hydrogen-bond acceptors (Lipinski definition) is 14. The maximum absolute atomic E-state index is 13.1. The minimum Gasteiger partial charge on any atom is -0.436 e. The fraction of sp³-hybridized carbons (Fsp3) is 0.296. The first kappa shape index (κ1) is 32.9. The third kappa shape index (κ3) is 7.84. The molecule has 0 aliphatic carbocycles. The third-order valence-electron chi connectivity index (χ3n) is 5.89. The van der Waals surface area contributed by atoms with Gasteiger partial charge in [0.15, 0.2) is 5.76 Å². The predicted octanol–water partition coefficient (Wildman–Crippen LogP) is 5.26. The zero-order valence-corrected chi connectivity index (χ0v) is 25.8. The minimum atomic E-state index is -3.71. The lowest BCUT2D eigenvalue weighted by atomic mass is 10.1. The van der Waals surface area contributed by atoms with Gasteiger partial charge in [-0.25, -0.2) is 4.89 Å². The number of rotatable bonds is 16. The van der Waals surface area contributed by atoms with Crippen LogP contribution in [-0.2, 0) is 58.6 Å². The van der Waals surface area contributed by atoms with Gasteiger partial charge in [0.05, 0.1) is 6.04 Å². The zero-order chi connectivity index (χ0) is 32.2. The topological polar surface area (TPSA) is 183 Å². The normalized spacial score (nSPS) is 21.5. The smallest absolute Gasteiger partial charge is 0.436 e. The number of furan rings is 1. The molecule has 5 rings (SSSR count). The molecule has 2 unspecified atom stereocenters. The highest BCUT2D eigenvalue weighted by Crippen LogP contribution is 3.00. The van der Waals surface area contributed by atoms with Crippen molar-refractivity contribution in [2.75, 3.05) is 13.4 Å². The van der Waals surface area contributed by atoms with Crippen LogP contribution in [0.5, 0.6) is 11.7 Å². The van der Waals surface area contributed by atoms with E-state index in [2.05, 4.69) is 10.1 Å². The maximum atomic E-state index is 13.1.